The Morgan fingerprint density at radius 1 is 0.875 bits per heavy atom. The lowest BCUT2D eigenvalue weighted by atomic mass is 9.83. The van der Waals surface area contributed by atoms with Crippen LogP contribution in [-0.2, 0) is 0 Å². The average molecular weight is 448 g/mol. The van der Waals surface area contributed by atoms with Crippen molar-refractivity contribution in [2.75, 3.05) is 0 Å². The molecule has 0 amide bonds. The number of benzene rings is 2. The van der Waals surface area contributed by atoms with Crippen LogP contribution in [0, 0.1) is 11.3 Å². The highest BCUT2D eigenvalue weighted by molar-refractivity contribution is 9.10. The van der Waals surface area contributed by atoms with E-state index in [4.69, 9.17) is 0 Å². The molecule has 0 N–H and O–H groups in total. The smallest absolute Gasteiger partial charge is 0.0181 e. The molecule has 0 aromatic heterocycles. The maximum Gasteiger partial charge on any atom is 0.0181 e. The highest BCUT2D eigenvalue weighted by Crippen LogP contribution is 2.46. The van der Waals surface area contributed by atoms with Crippen molar-refractivity contribution in [1.29, 1.82) is 0 Å². The zero-order valence-corrected chi connectivity index (χ0v) is 18.0. The summed E-state index contributed by atoms with van der Waals surface area (Å²) < 4.78 is 2.28. The molecular weight excluding hydrogens is 424 g/mol. The standard InChI is InChI=1S/C22H24Br2/c1-14(13-22(2,3)4)5-8-19-20-11-15(23)6-9-17(20)18-10-7-16(24)12-21(18)19/h6-12,14H,5,13H2,1-4H3. The summed E-state index contributed by atoms with van der Waals surface area (Å²) in [7, 11) is 0. The molecule has 0 saturated heterocycles. The molecule has 2 aromatic carbocycles. The minimum Gasteiger partial charge on any atom is -0.0757 e. The Bertz CT molecular complexity index is 741. The lowest BCUT2D eigenvalue weighted by Crippen LogP contribution is -2.10. The summed E-state index contributed by atoms with van der Waals surface area (Å²) in [5.74, 6) is 0.685. The number of fused-ring (bicyclic) bond motifs is 3. The number of halogens is 2. The number of allylic oxidation sites excluding steroid dienone is 1. The van der Waals surface area contributed by atoms with Crippen LogP contribution in [0.3, 0.4) is 0 Å². The van der Waals surface area contributed by atoms with Gasteiger partial charge in [-0.25, -0.2) is 0 Å². The molecule has 2 aromatic rings. The Labute approximate surface area is 162 Å². The second-order valence-corrected chi connectivity index (χ2v) is 9.93. The van der Waals surface area contributed by atoms with Crippen LogP contribution in [0.25, 0.3) is 16.7 Å². The number of rotatable bonds is 3. The molecule has 1 aliphatic carbocycles. The first-order valence-corrected chi connectivity index (χ1v) is 10.1. The molecule has 1 aliphatic rings. The molecule has 0 aliphatic heterocycles. The summed E-state index contributed by atoms with van der Waals surface area (Å²) in [4.78, 5) is 0. The van der Waals surface area contributed by atoms with E-state index in [1.165, 1.54) is 34.2 Å². The summed E-state index contributed by atoms with van der Waals surface area (Å²) in [5.41, 5.74) is 7.14. The maximum atomic E-state index is 3.63. The first-order chi connectivity index (χ1) is 11.2. The van der Waals surface area contributed by atoms with Gasteiger partial charge in [0.2, 0.25) is 0 Å². The van der Waals surface area contributed by atoms with Gasteiger partial charge in [0, 0.05) is 8.95 Å². The molecule has 0 saturated carbocycles. The van der Waals surface area contributed by atoms with E-state index >= 15 is 0 Å². The number of hydrogen-bond donors (Lipinski definition) is 0. The molecule has 0 fully saturated rings. The van der Waals surface area contributed by atoms with Crippen LogP contribution in [0.4, 0.5) is 0 Å². The highest BCUT2D eigenvalue weighted by atomic mass is 79.9. The molecule has 1 unspecified atom stereocenters. The van der Waals surface area contributed by atoms with Crippen molar-refractivity contribution in [3.05, 3.63) is 62.5 Å². The van der Waals surface area contributed by atoms with Gasteiger partial charge < -0.3 is 0 Å². The molecule has 126 valence electrons. The first kappa shape index (κ1) is 17.9. The van der Waals surface area contributed by atoms with Crippen molar-refractivity contribution < 1.29 is 0 Å². The van der Waals surface area contributed by atoms with Crippen LogP contribution in [0.5, 0.6) is 0 Å². The van der Waals surface area contributed by atoms with Crippen LogP contribution in [-0.4, -0.2) is 0 Å². The van der Waals surface area contributed by atoms with E-state index in [0.717, 1.165) is 15.4 Å². The minimum atomic E-state index is 0.384. The Morgan fingerprint density at radius 3 is 1.83 bits per heavy atom. The van der Waals surface area contributed by atoms with E-state index < -0.39 is 0 Å². The van der Waals surface area contributed by atoms with Crippen LogP contribution in [0.15, 0.2) is 51.4 Å². The molecular formula is C22H24Br2. The normalized spacial score (nSPS) is 14.3. The number of hydrogen-bond acceptors (Lipinski definition) is 0. The summed E-state index contributed by atoms with van der Waals surface area (Å²) in [5, 5.41) is 0. The van der Waals surface area contributed by atoms with Gasteiger partial charge in [0.15, 0.2) is 0 Å². The third-order valence-corrected chi connectivity index (χ3v) is 5.51. The van der Waals surface area contributed by atoms with Gasteiger partial charge in [-0.05, 0) is 76.3 Å². The molecule has 24 heavy (non-hydrogen) atoms. The first-order valence-electron chi connectivity index (χ1n) is 8.55. The molecule has 0 heterocycles. The van der Waals surface area contributed by atoms with Gasteiger partial charge in [-0.3, -0.25) is 0 Å². The predicted octanol–water partition coefficient (Wildman–Crippen LogP) is 8.09. The van der Waals surface area contributed by atoms with Gasteiger partial charge in [-0.2, -0.15) is 0 Å². The summed E-state index contributed by atoms with van der Waals surface area (Å²) in [6.45, 7) is 9.34. The highest BCUT2D eigenvalue weighted by Gasteiger charge is 2.24. The second-order valence-electron chi connectivity index (χ2n) is 8.10. The van der Waals surface area contributed by atoms with Crippen molar-refractivity contribution in [3.8, 4) is 11.1 Å². The third kappa shape index (κ3) is 3.86. The fourth-order valence-electron chi connectivity index (χ4n) is 3.76. The molecule has 2 heteroatoms. The fraction of sp³-hybridized carbons (Fsp3) is 0.364. The van der Waals surface area contributed by atoms with E-state index in [-0.39, 0.29) is 0 Å². The largest absolute Gasteiger partial charge is 0.0757 e. The van der Waals surface area contributed by atoms with Crippen LogP contribution < -0.4 is 0 Å². The van der Waals surface area contributed by atoms with E-state index in [0.29, 0.717) is 11.3 Å². The molecule has 0 spiro atoms. The van der Waals surface area contributed by atoms with Crippen LogP contribution in [0.2, 0.25) is 0 Å². The van der Waals surface area contributed by atoms with Gasteiger partial charge in [0.05, 0.1) is 0 Å². The zero-order chi connectivity index (χ0) is 17.5. The van der Waals surface area contributed by atoms with Gasteiger partial charge >= 0.3 is 0 Å². The Hall–Kier alpha value is -0.860. The van der Waals surface area contributed by atoms with Crippen molar-refractivity contribution in [2.24, 2.45) is 11.3 Å². The van der Waals surface area contributed by atoms with E-state index in [2.05, 4.69) is 102 Å². The monoisotopic (exact) mass is 446 g/mol. The summed E-state index contributed by atoms with van der Waals surface area (Å²) in [6.07, 6.45) is 4.80. The molecule has 0 radical (unpaired) electrons. The average Bonchev–Trinajstić information content (AvgIpc) is 2.75. The van der Waals surface area contributed by atoms with Crippen molar-refractivity contribution in [3.63, 3.8) is 0 Å². The molecule has 0 bridgehead atoms. The van der Waals surface area contributed by atoms with Gasteiger partial charge in [-0.15, -0.1) is 0 Å². The van der Waals surface area contributed by atoms with E-state index in [1.807, 2.05) is 0 Å². The van der Waals surface area contributed by atoms with E-state index in [1.54, 1.807) is 0 Å². The molecule has 1 atom stereocenters. The maximum absolute atomic E-state index is 3.63. The topological polar surface area (TPSA) is 0 Å². The van der Waals surface area contributed by atoms with Crippen molar-refractivity contribution in [1.82, 2.24) is 0 Å². The molecule has 0 nitrogen and oxygen atoms in total. The Morgan fingerprint density at radius 2 is 1.38 bits per heavy atom. The summed E-state index contributed by atoms with van der Waals surface area (Å²) in [6, 6.07) is 13.2. The lowest BCUT2D eigenvalue weighted by molar-refractivity contribution is 0.308. The fourth-order valence-corrected chi connectivity index (χ4v) is 4.48. The minimum absolute atomic E-state index is 0.384. The van der Waals surface area contributed by atoms with Crippen LogP contribution in [0.1, 0.15) is 51.7 Å². The van der Waals surface area contributed by atoms with Crippen LogP contribution >= 0.6 is 31.9 Å². The van der Waals surface area contributed by atoms with Gasteiger partial charge in [-0.1, -0.05) is 77.8 Å². The predicted molar refractivity (Wildman–Crippen MR) is 112 cm³/mol. The molecule has 3 rings (SSSR count). The van der Waals surface area contributed by atoms with Crippen molar-refractivity contribution in [2.45, 2.75) is 40.5 Å². The third-order valence-electron chi connectivity index (χ3n) is 4.52. The zero-order valence-electron chi connectivity index (χ0n) is 14.8. The quantitative estimate of drug-likeness (QED) is 0.380. The summed E-state index contributed by atoms with van der Waals surface area (Å²) >= 11 is 7.27. The van der Waals surface area contributed by atoms with Gasteiger partial charge in [0.25, 0.3) is 0 Å². The van der Waals surface area contributed by atoms with Gasteiger partial charge in [0.1, 0.15) is 0 Å². The SMILES string of the molecule is CC(CC=C1c2cc(Br)ccc2-c2ccc(Br)cc21)CC(C)(C)C. The van der Waals surface area contributed by atoms with E-state index in [9.17, 15) is 0 Å². The second kappa shape index (κ2) is 6.80. The Balaban J connectivity index is 2.00. The van der Waals surface area contributed by atoms with Crippen molar-refractivity contribution >= 4 is 37.4 Å². The lowest BCUT2D eigenvalue weighted by Gasteiger charge is -2.22. The Kier molecular flexibility index (Phi) is 5.09.